The Kier molecular flexibility index (Phi) is 8.61. The molecule has 35 heavy (non-hydrogen) atoms. The van der Waals surface area contributed by atoms with Crippen molar-refractivity contribution >= 4 is 5.91 Å². The van der Waals surface area contributed by atoms with Crippen LogP contribution in [0.3, 0.4) is 0 Å². The number of aromatic nitrogens is 1. The lowest BCUT2D eigenvalue weighted by Crippen LogP contribution is -2.53. The quantitative estimate of drug-likeness (QED) is 0.440. The van der Waals surface area contributed by atoms with Crippen LogP contribution in [0.5, 0.6) is 0 Å². The number of rotatable bonds is 9. The molecule has 0 aliphatic carbocycles. The van der Waals surface area contributed by atoms with Gasteiger partial charge in [-0.1, -0.05) is 68.4 Å². The first-order chi connectivity index (χ1) is 16.7. The third-order valence-corrected chi connectivity index (χ3v) is 5.64. The number of nitrogens with one attached hydrogen (secondary N) is 2. The standard InChI is InChI=1S/C27H27F3N4O/c1-18(2)24(26(35)33-23(17-31)16-19-6-4-3-5-7-19)34-25(27(28,29)30)22-10-8-20(9-11-22)21-12-14-32-15-13-21/h3-15,18,23-25,34H,16H2,1-2H3,(H,33,35)/t23-,24-,25-/m0/s1. The number of benzene rings is 2. The van der Waals surface area contributed by atoms with E-state index in [2.05, 4.69) is 15.6 Å². The van der Waals surface area contributed by atoms with Gasteiger partial charge in [0.25, 0.3) is 0 Å². The highest BCUT2D eigenvalue weighted by molar-refractivity contribution is 5.82. The van der Waals surface area contributed by atoms with Crippen LogP contribution < -0.4 is 10.6 Å². The number of pyridine rings is 1. The van der Waals surface area contributed by atoms with Crippen LogP contribution in [0, 0.1) is 17.2 Å². The minimum Gasteiger partial charge on any atom is -0.339 e. The van der Waals surface area contributed by atoms with Gasteiger partial charge in [-0.25, -0.2) is 0 Å². The number of nitriles is 1. The molecular weight excluding hydrogens is 453 g/mol. The fourth-order valence-electron chi connectivity index (χ4n) is 3.78. The first-order valence-electron chi connectivity index (χ1n) is 11.3. The van der Waals surface area contributed by atoms with Crippen molar-refractivity contribution in [2.75, 3.05) is 0 Å². The zero-order chi connectivity index (χ0) is 25.4. The van der Waals surface area contributed by atoms with Gasteiger partial charge in [-0.05, 0) is 40.3 Å². The highest BCUT2D eigenvalue weighted by atomic mass is 19.4. The monoisotopic (exact) mass is 480 g/mol. The first-order valence-corrected chi connectivity index (χ1v) is 11.3. The summed E-state index contributed by atoms with van der Waals surface area (Å²) in [4.78, 5) is 16.9. The van der Waals surface area contributed by atoms with Gasteiger partial charge in [-0.2, -0.15) is 18.4 Å². The van der Waals surface area contributed by atoms with Gasteiger partial charge >= 0.3 is 6.18 Å². The van der Waals surface area contributed by atoms with Gasteiger partial charge in [0.1, 0.15) is 12.1 Å². The molecule has 3 aromatic rings. The molecule has 3 rings (SSSR count). The van der Waals surface area contributed by atoms with Crippen molar-refractivity contribution in [2.24, 2.45) is 5.92 Å². The van der Waals surface area contributed by atoms with E-state index in [-0.39, 0.29) is 12.0 Å². The van der Waals surface area contributed by atoms with Crippen LogP contribution in [0.4, 0.5) is 13.2 Å². The topological polar surface area (TPSA) is 77.8 Å². The third-order valence-electron chi connectivity index (χ3n) is 5.64. The molecule has 0 saturated heterocycles. The summed E-state index contributed by atoms with van der Waals surface area (Å²) in [5.74, 6) is -1.10. The molecule has 5 nitrogen and oxygen atoms in total. The molecule has 1 heterocycles. The number of amides is 1. The normalized spacial score (nSPS) is 14.1. The Bertz CT molecular complexity index is 1130. The summed E-state index contributed by atoms with van der Waals surface area (Å²) in [6.07, 6.45) is -1.15. The van der Waals surface area contributed by atoms with Crippen molar-refractivity contribution in [3.8, 4) is 17.2 Å². The highest BCUT2D eigenvalue weighted by Crippen LogP contribution is 2.34. The van der Waals surface area contributed by atoms with Crippen molar-refractivity contribution in [3.63, 3.8) is 0 Å². The van der Waals surface area contributed by atoms with E-state index in [0.717, 1.165) is 16.7 Å². The minimum atomic E-state index is -4.63. The molecule has 182 valence electrons. The Balaban J connectivity index is 1.78. The lowest BCUT2D eigenvalue weighted by molar-refractivity contribution is -0.161. The van der Waals surface area contributed by atoms with Crippen molar-refractivity contribution in [3.05, 3.63) is 90.3 Å². The second-order valence-corrected chi connectivity index (χ2v) is 8.60. The number of alkyl halides is 3. The predicted octanol–water partition coefficient (Wildman–Crippen LogP) is 5.22. The summed E-state index contributed by atoms with van der Waals surface area (Å²) in [5, 5.41) is 14.6. The second kappa shape index (κ2) is 11.6. The molecule has 1 aromatic heterocycles. The fourth-order valence-corrected chi connectivity index (χ4v) is 3.78. The number of halogens is 3. The molecule has 0 bridgehead atoms. The molecule has 0 saturated carbocycles. The Morgan fingerprint density at radius 3 is 2.11 bits per heavy atom. The highest BCUT2D eigenvalue weighted by Gasteiger charge is 2.43. The number of carbonyl (C=O) groups is 1. The van der Waals surface area contributed by atoms with Gasteiger partial charge in [0.15, 0.2) is 0 Å². The van der Waals surface area contributed by atoms with Crippen LogP contribution in [0.2, 0.25) is 0 Å². The minimum absolute atomic E-state index is 0.00475. The van der Waals surface area contributed by atoms with Crippen LogP contribution in [0.1, 0.15) is 31.0 Å². The smallest absolute Gasteiger partial charge is 0.339 e. The lowest BCUT2D eigenvalue weighted by Gasteiger charge is -2.30. The van der Waals surface area contributed by atoms with Crippen molar-refractivity contribution < 1.29 is 18.0 Å². The Hall–Kier alpha value is -3.70. The number of carbonyl (C=O) groups excluding carboxylic acids is 1. The Labute approximate surface area is 203 Å². The van der Waals surface area contributed by atoms with Gasteiger partial charge in [-0.3, -0.25) is 15.1 Å². The lowest BCUT2D eigenvalue weighted by atomic mass is 9.97. The molecule has 2 aromatic carbocycles. The van der Waals surface area contributed by atoms with Crippen molar-refractivity contribution in [1.29, 1.82) is 5.26 Å². The van der Waals surface area contributed by atoms with Gasteiger partial charge in [0.05, 0.1) is 12.1 Å². The van der Waals surface area contributed by atoms with Gasteiger partial charge in [0.2, 0.25) is 5.91 Å². The van der Waals surface area contributed by atoms with E-state index in [1.165, 1.54) is 12.1 Å². The SMILES string of the molecule is CC(C)[C@H](N[C@@H](c1ccc(-c2ccncc2)cc1)C(F)(F)F)C(=O)N[C@H](C#N)Cc1ccccc1. The average molecular weight is 481 g/mol. The molecule has 3 atom stereocenters. The van der Waals surface area contributed by atoms with Gasteiger partial charge in [0, 0.05) is 18.8 Å². The van der Waals surface area contributed by atoms with Crippen LogP contribution >= 0.6 is 0 Å². The number of nitrogens with zero attached hydrogens (tertiary/aromatic N) is 2. The molecule has 2 N–H and O–H groups in total. The first kappa shape index (κ1) is 25.9. The Morgan fingerprint density at radius 2 is 1.57 bits per heavy atom. The average Bonchev–Trinajstić information content (AvgIpc) is 2.84. The zero-order valence-corrected chi connectivity index (χ0v) is 19.5. The largest absolute Gasteiger partial charge is 0.407 e. The van der Waals surface area contributed by atoms with E-state index >= 15 is 0 Å². The second-order valence-electron chi connectivity index (χ2n) is 8.60. The molecule has 0 unspecified atom stereocenters. The molecule has 0 radical (unpaired) electrons. The third kappa shape index (κ3) is 7.14. The maximum Gasteiger partial charge on any atom is 0.407 e. The van der Waals surface area contributed by atoms with E-state index in [1.807, 2.05) is 36.4 Å². The van der Waals surface area contributed by atoms with Crippen LogP contribution in [-0.4, -0.2) is 29.2 Å². The molecule has 1 amide bonds. The van der Waals surface area contributed by atoms with Gasteiger partial charge < -0.3 is 5.32 Å². The maximum atomic E-state index is 14.1. The zero-order valence-electron chi connectivity index (χ0n) is 19.5. The molecule has 0 aliphatic heterocycles. The summed E-state index contributed by atoms with van der Waals surface area (Å²) >= 11 is 0. The molecule has 0 spiro atoms. The fraction of sp³-hybridized carbons (Fsp3) is 0.296. The molecular formula is C27H27F3N4O. The van der Waals surface area contributed by atoms with E-state index in [4.69, 9.17) is 0 Å². The predicted molar refractivity (Wildman–Crippen MR) is 128 cm³/mol. The van der Waals surface area contributed by atoms with Crippen molar-refractivity contribution in [1.82, 2.24) is 15.6 Å². The number of hydrogen-bond donors (Lipinski definition) is 2. The van der Waals surface area contributed by atoms with Crippen LogP contribution in [-0.2, 0) is 11.2 Å². The Morgan fingerprint density at radius 1 is 0.971 bits per heavy atom. The van der Waals surface area contributed by atoms with E-state index in [9.17, 15) is 23.2 Å². The summed E-state index contributed by atoms with van der Waals surface area (Å²) in [5.41, 5.74) is 2.43. The van der Waals surface area contributed by atoms with E-state index in [0.29, 0.717) is 0 Å². The molecule has 8 heteroatoms. The number of hydrogen-bond acceptors (Lipinski definition) is 4. The van der Waals surface area contributed by atoms with E-state index in [1.54, 1.807) is 50.5 Å². The van der Waals surface area contributed by atoms with Gasteiger partial charge in [-0.15, -0.1) is 0 Å². The van der Waals surface area contributed by atoms with Crippen molar-refractivity contribution in [2.45, 2.75) is 44.6 Å². The summed E-state index contributed by atoms with van der Waals surface area (Å²) in [7, 11) is 0. The summed E-state index contributed by atoms with van der Waals surface area (Å²) < 4.78 is 42.2. The van der Waals surface area contributed by atoms with E-state index < -0.39 is 36.1 Å². The summed E-state index contributed by atoms with van der Waals surface area (Å²) in [6, 6.07) is 16.6. The molecule has 0 fully saturated rings. The van der Waals surface area contributed by atoms with Crippen LogP contribution in [0.25, 0.3) is 11.1 Å². The maximum absolute atomic E-state index is 14.1. The summed E-state index contributed by atoms with van der Waals surface area (Å²) in [6.45, 7) is 3.32. The van der Waals surface area contributed by atoms with Crippen LogP contribution in [0.15, 0.2) is 79.1 Å². The molecule has 0 aliphatic rings.